The van der Waals surface area contributed by atoms with Gasteiger partial charge in [-0.25, -0.2) is 8.42 Å². The fourth-order valence-electron chi connectivity index (χ4n) is 4.09. The van der Waals surface area contributed by atoms with Crippen LogP contribution < -0.4 is 14.4 Å². The highest BCUT2D eigenvalue weighted by Crippen LogP contribution is 2.25. The zero-order chi connectivity index (χ0) is 28.3. The van der Waals surface area contributed by atoms with E-state index in [0.29, 0.717) is 31.0 Å². The van der Waals surface area contributed by atoms with E-state index in [-0.39, 0.29) is 17.3 Å². The fraction of sp³-hybridized carbons (Fsp3) is 0.333. The minimum Gasteiger partial charge on any atom is -0.494 e. The molecule has 9 heteroatoms. The van der Waals surface area contributed by atoms with Gasteiger partial charge in [0.2, 0.25) is 11.8 Å². The molecule has 8 nitrogen and oxygen atoms in total. The van der Waals surface area contributed by atoms with Gasteiger partial charge in [0.25, 0.3) is 10.0 Å². The Balaban J connectivity index is 1.93. The Kier molecular flexibility index (Phi) is 10.9. The summed E-state index contributed by atoms with van der Waals surface area (Å²) in [5, 5.41) is 2.85. The lowest BCUT2D eigenvalue weighted by Gasteiger charge is -2.32. The number of anilines is 1. The lowest BCUT2D eigenvalue weighted by atomic mass is 10.1. The topological polar surface area (TPSA) is 96.0 Å². The molecule has 0 fully saturated rings. The molecule has 3 rings (SSSR count). The number of hydrogen-bond donors (Lipinski definition) is 1. The van der Waals surface area contributed by atoms with Crippen LogP contribution in [-0.2, 0) is 26.0 Å². The molecule has 0 aliphatic heterocycles. The molecule has 0 aliphatic carbocycles. The Morgan fingerprint density at radius 1 is 0.897 bits per heavy atom. The van der Waals surface area contributed by atoms with Crippen molar-refractivity contribution < 1.29 is 22.7 Å². The zero-order valence-electron chi connectivity index (χ0n) is 22.7. The van der Waals surface area contributed by atoms with Gasteiger partial charge in [-0.15, -0.1) is 0 Å². The van der Waals surface area contributed by atoms with E-state index in [1.54, 1.807) is 49.4 Å². The van der Waals surface area contributed by atoms with Crippen LogP contribution in [0.1, 0.15) is 32.8 Å². The van der Waals surface area contributed by atoms with Crippen LogP contribution in [0.5, 0.6) is 5.75 Å². The maximum atomic E-state index is 13.8. The van der Waals surface area contributed by atoms with Crippen molar-refractivity contribution in [2.24, 2.45) is 0 Å². The Bertz CT molecular complexity index is 1300. The van der Waals surface area contributed by atoms with Crippen LogP contribution in [0.25, 0.3) is 0 Å². The van der Waals surface area contributed by atoms with E-state index in [2.05, 4.69) is 5.32 Å². The molecule has 0 aliphatic rings. The summed E-state index contributed by atoms with van der Waals surface area (Å²) in [6.45, 7) is 6.22. The highest BCUT2D eigenvalue weighted by molar-refractivity contribution is 7.92. The average molecular weight is 552 g/mol. The Morgan fingerprint density at radius 3 is 2.10 bits per heavy atom. The Hall–Kier alpha value is -3.85. The second-order valence-corrected chi connectivity index (χ2v) is 10.9. The van der Waals surface area contributed by atoms with Crippen molar-refractivity contribution in [2.45, 2.75) is 44.6 Å². The standard InChI is InChI=1S/C30H37N3O5S/c1-4-21-31-30(35)24(3)32(22-20-25-12-8-6-9-13-25)29(34)23-33(26-14-10-7-11-15-26)39(36,37)28-18-16-27(17-19-28)38-5-2/h6-19,24H,4-5,20-23H2,1-3H3,(H,31,35). The molecular weight excluding hydrogens is 514 g/mol. The molecule has 0 radical (unpaired) electrons. The summed E-state index contributed by atoms with van der Waals surface area (Å²) >= 11 is 0. The molecule has 3 aromatic rings. The predicted molar refractivity (Wildman–Crippen MR) is 153 cm³/mol. The van der Waals surface area contributed by atoms with Gasteiger partial charge in [0.05, 0.1) is 17.2 Å². The summed E-state index contributed by atoms with van der Waals surface area (Å²) in [6, 6.07) is 23.5. The van der Waals surface area contributed by atoms with Gasteiger partial charge < -0.3 is 15.0 Å². The number of amides is 2. The van der Waals surface area contributed by atoms with E-state index in [9.17, 15) is 18.0 Å². The predicted octanol–water partition coefficient (Wildman–Crippen LogP) is 4.27. The van der Waals surface area contributed by atoms with Crippen LogP contribution in [0.2, 0.25) is 0 Å². The molecule has 1 atom stereocenters. The van der Waals surface area contributed by atoms with Gasteiger partial charge in [-0.05, 0) is 68.7 Å². The van der Waals surface area contributed by atoms with Crippen LogP contribution in [0, 0.1) is 0 Å². The number of nitrogens with zero attached hydrogens (tertiary/aromatic N) is 2. The van der Waals surface area contributed by atoms with E-state index in [1.165, 1.54) is 17.0 Å². The van der Waals surface area contributed by atoms with Crippen LogP contribution in [0.4, 0.5) is 5.69 Å². The van der Waals surface area contributed by atoms with Gasteiger partial charge in [-0.3, -0.25) is 13.9 Å². The third kappa shape index (κ3) is 8.07. The van der Waals surface area contributed by atoms with Gasteiger partial charge in [0.1, 0.15) is 18.3 Å². The lowest BCUT2D eigenvalue weighted by molar-refractivity contribution is -0.138. The SMILES string of the molecule is CCCNC(=O)C(C)N(CCc1ccccc1)C(=O)CN(c1ccccc1)S(=O)(=O)c1ccc(OCC)cc1. The number of ether oxygens (including phenoxy) is 1. The Labute approximate surface area is 231 Å². The Morgan fingerprint density at radius 2 is 1.51 bits per heavy atom. The molecule has 0 aromatic heterocycles. The summed E-state index contributed by atoms with van der Waals surface area (Å²) in [5.74, 6) is -0.194. The monoisotopic (exact) mass is 551 g/mol. The minimum atomic E-state index is -4.11. The minimum absolute atomic E-state index is 0.0344. The van der Waals surface area contributed by atoms with E-state index in [4.69, 9.17) is 4.74 Å². The number of nitrogens with one attached hydrogen (secondary N) is 1. The van der Waals surface area contributed by atoms with Gasteiger partial charge >= 0.3 is 0 Å². The van der Waals surface area contributed by atoms with E-state index >= 15 is 0 Å². The molecule has 1 unspecified atom stereocenters. The number of rotatable bonds is 14. The van der Waals surface area contributed by atoms with Crippen molar-refractivity contribution >= 4 is 27.5 Å². The molecule has 1 N–H and O–H groups in total. The molecule has 39 heavy (non-hydrogen) atoms. The first-order valence-corrected chi connectivity index (χ1v) is 14.6. The van der Waals surface area contributed by atoms with Crippen molar-refractivity contribution in [1.29, 1.82) is 0 Å². The van der Waals surface area contributed by atoms with E-state index < -0.39 is 28.5 Å². The normalized spacial score (nSPS) is 11.9. The first-order chi connectivity index (χ1) is 18.8. The molecular formula is C30H37N3O5S. The van der Waals surface area contributed by atoms with Gasteiger partial charge in [0.15, 0.2) is 0 Å². The third-order valence-electron chi connectivity index (χ3n) is 6.25. The second kappa shape index (κ2) is 14.3. The van der Waals surface area contributed by atoms with Crippen LogP contribution in [0.15, 0.2) is 89.8 Å². The van der Waals surface area contributed by atoms with E-state index in [1.807, 2.05) is 44.2 Å². The van der Waals surface area contributed by atoms with Gasteiger partial charge in [0, 0.05) is 13.1 Å². The summed E-state index contributed by atoms with van der Waals surface area (Å²) in [4.78, 5) is 28.2. The first kappa shape index (κ1) is 29.7. The van der Waals surface area contributed by atoms with Gasteiger partial charge in [-0.2, -0.15) is 0 Å². The number of hydrogen-bond acceptors (Lipinski definition) is 5. The molecule has 0 bridgehead atoms. The third-order valence-corrected chi connectivity index (χ3v) is 8.03. The van der Waals surface area contributed by atoms with Gasteiger partial charge in [-0.1, -0.05) is 55.5 Å². The van der Waals surface area contributed by atoms with Crippen molar-refractivity contribution in [1.82, 2.24) is 10.2 Å². The summed E-state index contributed by atoms with van der Waals surface area (Å²) in [7, 11) is -4.11. The quantitative estimate of drug-likeness (QED) is 0.323. The maximum Gasteiger partial charge on any atom is 0.264 e. The molecule has 3 aromatic carbocycles. The van der Waals surface area contributed by atoms with Crippen molar-refractivity contribution in [2.75, 3.05) is 30.5 Å². The number of benzene rings is 3. The summed E-state index contributed by atoms with van der Waals surface area (Å²) < 4.78 is 34.2. The maximum absolute atomic E-state index is 13.8. The second-order valence-electron chi connectivity index (χ2n) is 9.04. The smallest absolute Gasteiger partial charge is 0.264 e. The van der Waals surface area contributed by atoms with Crippen LogP contribution >= 0.6 is 0 Å². The van der Waals surface area contributed by atoms with Crippen LogP contribution in [0.3, 0.4) is 0 Å². The molecule has 0 heterocycles. The fourth-order valence-corrected chi connectivity index (χ4v) is 5.50. The average Bonchev–Trinajstić information content (AvgIpc) is 2.96. The molecule has 0 saturated heterocycles. The highest BCUT2D eigenvalue weighted by Gasteiger charge is 2.32. The molecule has 208 valence electrons. The van der Waals surface area contributed by atoms with Crippen molar-refractivity contribution in [3.63, 3.8) is 0 Å². The van der Waals surface area contributed by atoms with Crippen molar-refractivity contribution in [3.05, 3.63) is 90.5 Å². The number of carbonyl (C=O) groups excluding carboxylic acids is 2. The lowest BCUT2D eigenvalue weighted by Crippen LogP contribution is -2.52. The molecule has 0 saturated carbocycles. The zero-order valence-corrected chi connectivity index (χ0v) is 23.6. The largest absolute Gasteiger partial charge is 0.494 e. The summed E-state index contributed by atoms with van der Waals surface area (Å²) in [5.41, 5.74) is 1.37. The molecule has 2 amide bonds. The van der Waals surface area contributed by atoms with Crippen molar-refractivity contribution in [3.8, 4) is 5.75 Å². The number of sulfonamides is 1. The summed E-state index contributed by atoms with van der Waals surface area (Å²) in [6.07, 6.45) is 1.29. The molecule has 0 spiro atoms. The van der Waals surface area contributed by atoms with Crippen LogP contribution in [-0.4, -0.2) is 57.4 Å². The highest BCUT2D eigenvalue weighted by atomic mass is 32.2. The number of carbonyl (C=O) groups is 2. The number of para-hydroxylation sites is 1. The first-order valence-electron chi connectivity index (χ1n) is 13.2. The van der Waals surface area contributed by atoms with E-state index in [0.717, 1.165) is 16.3 Å².